The lowest BCUT2D eigenvalue weighted by atomic mass is 9.97. The van der Waals surface area contributed by atoms with Gasteiger partial charge in [-0.3, -0.25) is 81.5 Å². The number of H-pyrrole nitrogens is 1. The van der Waals surface area contributed by atoms with Crippen molar-refractivity contribution in [2.75, 3.05) is 58.8 Å². The van der Waals surface area contributed by atoms with E-state index in [1.54, 1.807) is 67.7 Å². The minimum atomic E-state index is -2.00. The molecule has 0 saturated carbocycles. The molecule has 13 atom stereocenters. The average molecular weight is 1870 g/mol. The van der Waals surface area contributed by atoms with Crippen molar-refractivity contribution in [3.63, 3.8) is 0 Å². The molecule has 15 amide bonds. The van der Waals surface area contributed by atoms with Gasteiger partial charge in [0, 0.05) is 89.2 Å². The first-order chi connectivity index (χ1) is 63.2. The predicted octanol–water partition coefficient (Wildman–Crippen LogP) is 1.17. The van der Waals surface area contributed by atoms with Gasteiger partial charge in [0.05, 0.1) is 25.1 Å². The number of nitrogens with two attached hydrogens (primary N) is 2. The van der Waals surface area contributed by atoms with Gasteiger partial charge in [-0.2, -0.15) is 0 Å². The SMILES string of the molecule is CCCC[C@H]1C(=O)N2CCC[C@@H]2C(=O)N[C@@H](CC(=O)O)C(=O)N[C@H](C(C)C)C(=O)N(C)[C@@H](Cc2ccccc2)C(=O)N[C@@H](CC(=O)O)C(=O)N2CCCC[C@@H]2C(=O)N[C@H](Cc2c[nH]c3ccccc23)C(=O)N[C@@H](Cc2ccc(O)cc2)C(=O)N[C@@H](CCN)C(=O)N[C@H](C(=O)NCC(N)=O)CSCC(=O)N[C@@H](Cc2cc(F)c(F)c(F)c2)C(=O)N(C)[C@@H](Cc2ccc(F)cc2)C(=O)N1C. The summed E-state index contributed by atoms with van der Waals surface area (Å²) in [4.78, 5) is 257. The number of carboxylic acid groups (broad SMARTS) is 2. The molecule has 0 aliphatic carbocycles. The first kappa shape index (κ1) is 103. The van der Waals surface area contributed by atoms with E-state index in [9.17, 15) is 62.5 Å². The van der Waals surface area contributed by atoms with Crippen molar-refractivity contribution >= 4 is 123 Å². The molecule has 716 valence electrons. The summed E-state index contributed by atoms with van der Waals surface area (Å²) in [6, 6.07) is 3.77. The topological polar surface area (TPSA) is 543 Å². The largest absolute Gasteiger partial charge is 0.508 e. The number of thioether (sulfide) groups is 1. The molecule has 0 radical (unpaired) electrons. The fourth-order valence-corrected chi connectivity index (χ4v) is 17.1. The Balaban J connectivity index is 1.13. The number of hydrogen-bond donors (Lipinski definition) is 15. The van der Waals surface area contributed by atoms with E-state index in [0.717, 1.165) is 43.7 Å². The van der Waals surface area contributed by atoms with Gasteiger partial charge >= 0.3 is 11.9 Å². The standard InChI is InChI=1S/C91H113F4N17O20S/c1-7-8-21-70-90(131)112-35-16-23-69(112)85(126)104-64(43-75(116)117)83(124)107-78(49(2)3)91(132)109(5)71(40-50-17-10-9-11-18-50)86(127)105-66(44-76(118)119)88(129)111-34-15-14-22-68(111)84(125)103-63(42-54-45-98-60-20-13-12-19-57(54)60)82(123)102-62(38-51-26-30-56(113)31-27-51)81(122)101-61(32-33-96)80(121)106-67(79(120)99-46-73(97)114)47-133-48-74(115)100-65(39-53-36-58(93)77(95)59(94)37-53)87(128)110(6)72(89(130)108(70)4)41-52-24-28-55(92)29-25-52/h9-13,17-20,24-31,36-37,45,49,61-72,78,98,113H,7-8,14-16,21-23,32-35,38-44,46-48,96H2,1-6H3,(H2,97,114)(H,99,120)(H,100,115)(H,101,122)(H,102,123)(H,103,125)(H,104,126)(H,105,127)(H,106,121)(H,107,124)(H,116,117)(H,118,119)/t61-,62-,63+,64-,65-,66-,67-,68+,69+,70-,71-,72-,78+/m0/s1. The highest BCUT2D eigenvalue weighted by molar-refractivity contribution is 8.00. The highest BCUT2D eigenvalue weighted by Crippen LogP contribution is 2.29. The molecule has 1 aromatic heterocycles. The van der Waals surface area contributed by atoms with Crippen molar-refractivity contribution in [1.82, 2.24) is 77.3 Å². The molecule has 6 aromatic rings. The van der Waals surface area contributed by atoms with Crippen molar-refractivity contribution in [2.45, 2.75) is 202 Å². The number of fused-ring (bicyclic) bond motifs is 3. The Morgan fingerprint density at radius 3 is 1.66 bits per heavy atom. The van der Waals surface area contributed by atoms with Crippen LogP contribution in [0.25, 0.3) is 10.9 Å². The highest BCUT2D eigenvalue weighted by Gasteiger charge is 2.46. The molecular formula is C91H113F4N17O20S. The first-order valence-electron chi connectivity index (χ1n) is 43.6. The number of unbranched alkanes of at least 4 members (excludes halogenated alkanes) is 1. The number of aliphatic carboxylic acids is 2. The molecule has 133 heavy (non-hydrogen) atoms. The van der Waals surface area contributed by atoms with Crippen LogP contribution in [0.2, 0.25) is 0 Å². The fraction of sp³-hybridized carbons (Fsp3) is 0.462. The van der Waals surface area contributed by atoms with Crippen LogP contribution in [0, 0.1) is 29.2 Å². The molecule has 0 unspecified atom stereocenters. The van der Waals surface area contributed by atoms with Crippen molar-refractivity contribution in [3.8, 4) is 5.75 Å². The quantitative estimate of drug-likeness (QED) is 0.0316. The number of para-hydroxylation sites is 1. The summed E-state index contributed by atoms with van der Waals surface area (Å²) in [6.45, 7) is 3.24. The fourth-order valence-electron chi connectivity index (χ4n) is 16.2. The molecule has 4 heterocycles. The number of nitrogens with zero attached hydrogens (tertiary/aromatic N) is 5. The third-order valence-corrected chi connectivity index (χ3v) is 24.5. The van der Waals surface area contributed by atoms with E-state index >= 15 is 51.9 Å². The van der Waals surface area contributed by atoms with Gasteiger partial charge in [-0.15, -0.1) is 11.8 Å². The lowest BCUT2D eigenvalue weighted by molar-refractivity contribution is -0.152. The lowest BCUT2D eigenvalue weighted by Crippen LogP contribution is -2.63. The van der Waals surface area contributed by atoms with Gasteiger partial charge in [0.1, 0.15) is 90.1 Å². The van der Waals surface area contributed by atoms with Crippen LogP contribution in [-0.2, 0) is 114 Å². The van der Waals surface area contributed by atoms with Crippen molar-refractivity contribution in [1.29, 1.82) is 0 Å². The summed E-state index contributed by atoms with van der Waals surface area (Å²) in [5, 5.41) is 54.6. The number of nitrogens with one attached hydrogen (secondary N) is 10. The molecule has 3 fully saturated rings. The minimum absolute atomic E-state index is 0.0934. The van der Waals surface area contributed by atoms with Crippen LogP contribution < -0.4 is 59.3 Å². The number of aromatic nitrogens is 1. The number of amides is 15. The summed E-state index contributed by atoms with van der Waals surface area (Å²) >= 11 is 0.611. The molecule has 5 aromatic carbocycles. The highest BCUT2D eigenvalue weighted by atomic mass is 32.2. The summed E-state index contributed by atoms with van der Waals surface area (Å²) in [6.07, 6.45) is -2.44. The zero-order valence-corrected chi connectivity index (χ0v) is 75.1. The maximum atomic E-state index is 15.6. The molecular weight excluding hydrogens is 1760 g/mol. The molecule has 3 aliphatic heterocycles. The van der Waals surface area contributed by atoms with Gasteiger partial charge in [0.2, 0.25) is 88.6 Å². The number of phenols is 1. The Labute approximate surface area is 767 Å². The smallest absolute Gasteiger partial charge is 0.305 e. The van der Waals surface area contributed by atoms with Crippen molar-refractivity contribution in [2.24, 2.45) is 17.4 Å². The Hall–Kier alpha value is -13.5. The second-order valence-corrected chi connectivity index (χ2v) is 34.5. The number of phenolic OH excluding ortho intramolecular Hbond substituents is 1. The second-order valence-electron chi connectivity index (χ2n) is 33.5. The number of benzene rings is 5. The third kappa shape index (κ3) is 28.5. The zero-order valence-electron chi connectivity index (χ0n) is 74.3. The van der Waals surface area contributed by atoms with Crippen LogP contribution in [0.3, 0.4) is 0 Å². The Morgan fingerprint density at radius 2 is 1.03 bits per heavy atom. The van der Waals surface area contributed by atoms with Crippen LogP contribution in [0.5, 0.6) is 5.75 Å². The number of carboxylic acids is 2. The summed E-state index contributed by atoms with van der Waals surface area (Å²) in [5.74, 6) is -27.6. The molecule has 3 saturated heterocycles. The van der Waals surface area contributed by atoms with E-state index in [-0.39, 0.29) is 88.7 Å². The van der Waals surface area contributed by atoms with E-state index in [1.165, 1.54) is 64.3 Å². The van der Waals surface area contributed by atoms with Gasteiger partial charge in [-0.1, -0.05) is 106 Å². The molecule has 42 heteroatoms. The first-order valence-corrected chi connectivity index (χ1v) is 44.8. The van der Waals surface area contributed by atoms with E-state index < -0.39 is 270 Å². The normalized spacial score (nSPS) is 23.6. The number of halogens is 4. The molecule has 0 spiro atoms. The number of carbonyl (C=O) groups excluding carboxylic acids is 15. The minimum Gasteiger partial charge on any atom is -0.508 e. The number of carbonyl (C=O) groups is 17. The van der Waals surface area contributed by atoms with Gasteiger partial charge in [0.15, 0.2) is 17.5 Å². The van der Waals surface area contributed by atoms with E-state index in [0.29, 0.717) is 57.9 Å². The molecule has 37 nitrogen and oxygen atoms in total. The van der Waals surface area contributed by atoms with Crippen molar-refractivity contribution in [3.05, 3.63) is 173 Å². The van der Waals surface area contributed by atoms with E-state index in [2.05, 4.69) is 52.8 Å². The van der Waals surface area contributed by atoms with Gasteiger partial charge in [0.25, 0.3) is 0 Å². The average Bonchev–Trinajstić information content (AvgIpc) is 1.77. The van der Waals surface area contributed by atoms with E-state index in [1.807, 2.05) is 0 Å². The number of primary amides is 1. The van der Waals surface area contributed by atoms with Gasteiger partial charge in [-0.25, -0.2) is 17.6 Å². The number of hydrogen-bond acceptors (Lipinski definition) is 20. The van der Waals surface area contributed by atoms with E-state index in [4.69, 9.17) is 11.5 Å². The van der Waals surface area contributed by atoms with Crippen molar-refractivity contribution < 1.29 is 114 Å². The molecule has 9 rings (SSSR count). The summed E-state index contributed by atoms with van der Waals surface area (Å²) < 4.78 is 59.7. The number of aromatic hydroxyl groups is 1. The number of likely N-dealkylation sites (N-methyl/N-ethyl adjacent to an activating group) is 3. The zero-order chi connectivity index (χ0) is 97.2. The Bertz CT molecular complexity index is 5210. The monoisotopic (exact) mass is 1870 g/mol. The van der Waals surface area contributed by atoms with Crippen LogP contribution in [-0.4, -0.2) is 283 Å². The molecule has 17 N–H and O–H groups in total. The van der Waals surface area contributed by atoms with Crippen LogP contribution in [0.1, 0.15) is 119 Å². The Morgan fingerprint density at radius 1 is 0.511 bits per heavy atom. The summed E-state index contributed by atoms with van der Waals surface area (Å²) in [7, 11) is 3.52. The maximum Gasteiger partial charge on any atom is 0.305 e. The van der Waals surface area contributed by atoms with Gasteiger partial charge < -0.3 is 104 Å². The van der Waals surface area contributed by atoms with Crippen LogP contribution in [0.4, 0.5) is 17.6 Å². The molecule has 0 bridgehead atoms. The molecule has 3 aliphatic rings. The van der Waals surface area contributed by atoms with Crippen LogP contribution in [0.15, 0.2) is 121 Å². The van der Waals surface area contributed by atoms with Crippen LogP contribution >= 0.6 is 11.8 Å². The summed E-state index contributed by atoms with van der Waals surface area (Å²) in [5.41, 5.74) is 13.0. The number of rotatable bonds is 23. The van der Waals surface area contributed by atoms with Gasteiger partial charge in [-0.05, 0) is 128 Å². The Kier molecular flexibility index (Phi) is 37.7. The second kappa shape index (κ2) is 48.6. The number of piperidine rings is 1. The maximum absolute atomic E-state index is 15.6. The predicted molar refractivity (Wildman–Crippen MR) is 475 cm³/mol. The lowest BCUT2D eigenvalue weighted by Gasteiger charge is -2.38. The number of aromatic amines is 1. The third-order valence-electron chi connectivity index (χ3n) is 23.5.